The summed E-state index contributed by atoms with van der Waals surface area (Å²) in [6.07, 6.45) is 13.1. The predicted molar refractivity (Wildman–Crippen MR) is 118 cm³/mol. The van der Waals surface area contributed by atoms with E-state index in [0.717, 1.165) is 56.4 Å². The van der Waals surface area contributed by atoms with E-state index in [1.54, 1.807) is 30.7 Å². The van der Waals surface area contributed by atoms with Gasteiger partial charge in [0.15, 0.2) is 0 Å². The van der Waals surface area contributed by atoms with E-state index in [0.29, 0.717) is 41.5 Å². The summed E-state index contributed by atoms with van der Waals surface area (Å²) in [5, 5.41) is 7.63. The Morgan fingerprint density at radius 3 is 2.59 bits per heavy atom. The minimum Gasteiger partial charge on any atom is -0.381 e. The molecule has 7 nitrogen and oxygen atoms in total. The van der Waals surface area contributed by atoms with Crippen LogP contribution in [0.15, 0.2) is 36.9 Å². The third kappa shape index (κ3) is 4.70. The maximum atomic E-state index is 14.9. The second kappa shape index (κ2) is 9.16. The molecule has 1 aliphatic heterocycles. The molecule has 3 aromatic rings. The Morgan fingerprint density at radius 2 is 1.88 bits per heavy atom. The smallest absolute Gasteiger partial charge is 0.227 e. The first-order valence-corrected chi connectivity index (χ1v) is 11.2. The van der Waals surface area contributed by atoms with E-state index in [-0.39, 0.29) is 11.7 Å². The molecule has 1 N–H and O–H groups in total. The highest BCUT2D eigenvalue weighted by molar-refractivity contribution is 5.75. The van der Waals surface area contributed by atoms with Crippen LogP contribution in [0, 0.1) is 5.82 Å². The minimum atomic E-state index is -0.168. The van der Waals surface area contributed by atoms with E-state index in [4.69, 9.17) is 4.74 Å². The number of ether oxygens (including phenoxy) is 1. The SMILES string of the molecule is O=Cc1cc(CCc2cnc(Nc3cnn(C4CCOCC4)c3)nc2)c(F)c(C2CC2)c1. The molecule has 0 spiro atoms. The van der Waals surface area contributed by atoms with E-state index in [9.17, 15) is 9.18 Å². The minimum absolute atomic E-state index is 0.168. The summed E-state index contributed by atoms with van der Waals surface area (Å²) in [6.45, 7) is 1.53. The lowest BCUT2D eigenvalue weighted by molar-refractivity contribution is 0.0662. The number of aldehydes is 1. The van der Waals surface area contributed by atoms with Gasteiger partial charge in [0.25, 0.3) is 0 Å². The Bertz CT molecular complexity index is 1090. The van der Waals surface area contributed by atoms with E-state index in [1.807, 2.05) is 10.9 Å². The molecule has 2 aliphatic rings. The number of nitrogens with zero attached hydrogens (tertiary/aromatic N) is 4. The fourth-order valence-corrected chi connectivity index (χ4v) is 4.18. The highest BCUT2D eigenvalue weighted by Crippen LogP contribution is 2.42. The number of anilines is 2. The maximum absolute atomic E-state index is 14.9. The second-order valence-corrected chi connectivity index (χ2v) is 8.57. The van der Waals surface area contributed by atoms with Crippen molar-refractivity contribution in [3.05, 3.63) is 65.0 Å². The van der Waals surface area contributed by atoms with Crippen LogP contribution in [-0.4, -0.2) is 39.2 Å². The van der Waals surface area contributed by atoms with Crippen molar-refractivity contribution >= 4 is 17.9 Å². The fourth-order valence-electron chi connectivity index (χ4n) is 4.18. The van der Waals surface area contributed by atoms with Gasteiger partial charge in [-0.15, -0.1) is 0 Å². The Labute approximate surface area is 186 Å². The van der Waals surface area contributed by atoms with Crippen molar-refractivity contribution in [2.24, 2.45) is 0 Å². The van der Waals surface area contributed by atoms with Crippen molar-refractivity contribution < 1.29 is 13.9 Å². The molecule has 1 aliphatic carbocycles. The van der Waals surface area contributed by atoms with Crippen LogP contribution in [0.3, 0.4) is 0 Å². The van der Waals surface area contributed by atoms with Crippen LogP contribution >= 0.6 is 0 Å². The van der Waals surface area contributed by atoms with Crippen molar-refractivity contribution in [3.8, 4) is 0 Å². The van der Waals surface area contributed by atoms with Gasteiger partial charge in [0, 0.05) is 37.4 Å². The number of benzene rings is 1. The summed E-state index contributed by atoms with van der Waals surface area (Å²) >= 11 is 0. The first kappa shape index (κ1) is 20.8. The Morgan fingerprint density at radius 1 is 1.09 bits per heavy atom. The summed E-state index contributed by atoms with van der Waals surface area (Å²) < 4.78 is 22.2. The first-order chi connectivity index (χ1) is 15.7. The summed E-state index contributed by atoms with van der Waals surface area (Å²) in [5.41, 5.74) is 3.56. The number of hydrogen-bond acceptors (Lipinski definition) is 6. The fraction of sp³-hybridized carbons (Fsp3) is 0.417. The maximum Gasteiger partial charge on any atom is 0.227 e. The zero-order valence-corrected chi connectivity index (χ0v) is 17.8. The molecule has 1 aromatic carbocycles. The van der Waals surface area contributed by atoms with E-state index in [2.05, 4.69) is 20.4 Å². The zero-order chi connectivity index (χ0) is 21.9. The summed E-state index contributed by atoms with van der Waals surface area (Å²) in [5.74, 6) is 0.586. The van der Waals surface area contributed by atoms with Crippen LogP contribution in [0.4, 0.5) is 16.0 Å². The molecule has 5 rings (SSSR count). The van der Waals surface area contributed by atoms with Crippen molar-refractivity contribution in [3.63, 3.8) is 0 Å². The van der Waals surface area contributed by atoms with Gasteiger partial charge in [-0.3, -0.25) is 9.48 Å². The molecule has 0 unspecified atom stereocenters. The summed E-state index contributed by atoms with van der Waals surface area (Å²) in [4.78, 5) is 20.0. The molecule has 8 heteroatoms. The standard InChI is InChI=1S/C24H26FN5O2/c25-23-19(9-17(15-31)10-22(23)18-3-4-18)2-1-16-11-26-24(27-12-16)29-20-13-28-30(14-20)21-5-7-32-8-6-21/h9-15,18,21H,1-8H2,(H,26,27,29). The first-order valence-electron chi connectivity index (χ1n) is 11.2. The number of carbonyl (C=O) groups excluding carboxylic acids is 1. The lowest BCUT2D eigenvalue weighted by Gasteiger charge is -2.22. The number of aryl methyl sites for hydroxylation is 2. The molecule has 32 heavy (non-hydrogen) atoms. The summed E-state index contributed by atoms with van der Waals surface area (Å²) in [6, 6.07) is 3.71. The largest absolute Gasteiger partial charge is 0.381 e. The highest BCUT2D eigenvalue weighted by Gasteiger charge is 2.28. The van der Waals surface area contributed by atoms with Gasteiger partial charge in [-0.2, -0.15) is 5.10 Å². The molecular weight excluding hydrogens is 409 g/mol. The zero-order valence-electron chi connectivity index (χ0n) is 17.8. The molecule has 3 heterocycles. The predicted octanol–water partition coefficient (Wildman–Crippen LogP) is 4.38. The molecule has 0 amide bonds. The number of rotatable bonds is 8. The molecule has 1 saturated carbocycles. The lowest BCUT2D eigenvalue weighted by Crippen LogP contribution is -2.19. The van der Waals surface area contributed by atoms with Gasteiger partial charge in [0.05, 0.1) is 17.9 Å². The van der Waals surface area contributed by atoms with Crippen LogP contribution in [0.5, 0.6) is 0 Å². The molecule has 1 saturated heterocycles. The molecular formula is C24H26FN5O2. The van der Waals surface area contributed by atoms with Crippen LogP contribution in [0.25, 0.3) is 0 Å². The second-order valence-electron chi connectivity index (χ2n) is 8.57. The normalized spacial score (nSPS) is 16.8. The third-order valence-electron chi connectivity index (χ3n) is 6.16. The van der Waals surface area contributed by atoms with Crippen LogP contribution in [0.2, 0.25) is 0 Å². The summed E-state index contributed by atoms with van der Waals surface area (Å²) in [7, 11) is 0. The third-order valence-corrected chi connectivity index (χ3v) is 6.16. The van der Waals surface area contributed by atoms with Crippen LogP contribution in [-0.2, 0) is 17.6 Å². The topological polar surface area (TPSA) is 81.9 Å². The van der Waals surface area contributed by atoms with Crippen molar-refractivity contribution in [2.75, 3.05) is 18.5 Å². The monoisotopic (exact) mass is 435 g/mol. The highest BCUT2D eigenvalue weighted by atomic mass is 19.1. The van der Waals surface area contributed by atoms with Gasteiger partial charge < -0.3 is 10.1 Å². The Kier molecular flexibility index (Phi) is 5.94. The van der Waals surface area contributed by atoms with Crippen molar-refractivity contribution in [1.29, 1.82) is 0 Å². The molecule has 0 atom stereocenters. The Hall–Kier alpha value is -3.13. The Balaban J connectivity index is 1.21. The molecule has 166 valence electrons. The van der Waals surface area contributed by atoms with E-state index < -0.39 is 0 Å². The van der Waals surface area contributed by atoms with E-state index in [1.165, 1.54) is 0 Å². The lowest BCUT2D eigenvalue weighted by atomic mass is 9.98. The van der Waals surface area contributed by atoms with Gasteiger partial charge in [-0.05, 0) is 73.3 Å². The number of aromatic nitrogens is 4. The quantitative estimate of drug-likeness (QED) is 0.529. The van der Waals surface area contributed by atoms with Gasteiger partial charge in [-0.25, -0.2) is 14.4 Å². The number of nitrogens with one attached hydrogen (secondary N) is 1. The van der Waals surface area contributed by atoms with Gasteiger partial charge in [0.2, 0.25) is 5.95 Å². The van der Waals surface area contributed by atoms with Gasteiger partial charge in [0.1, 0.15) is 12.1 Å². The molecule has 2 fully saturated rings. The number of halogens is 1. The van der Waals surface area contributed by atoms with Crippen LogP contribution in [0.1, 0.15) is 64.7 Å². The van der Waals surface area contributed by atoms with Crippen molar-refractivity contribution in [2.45, 2.75) is 50.5 Å². The van der Waals surface area contributed by atoms with Gasteiger partial charge >= 0.3 is 0 Å². The number of hydrogen-bond donors (Lipinski definition) is 1. The van der Waals surface area contributed by atoms with E-state index >= 15 is 0 Å². The number of carbonyl (C=O) groups is 1. The van der Waals surface area contributed by atoms with Gasteiger partial charge in [-0.1, -0.05) is 0 Å². The average Bonchev–Trinajstić information content (AvgIpc) is 3.58. The van der Waals surface area contributed by atoms with Crippen LogP contribution < -0.4 is 5.32 Å². The average molecular weight is 436 g/mol. The van der Waals surface area contributed by atoms with Crippen molar-refractivity contribution in [1.82, 2.24) is 19.7 Å². The molecule has 0 radical (unpaired) electrons. The molecule has 0 bridgehead atoms. The molecule has 2 aromatic heterocycles.